The largest absolute Gasteiger partial charge is 0.480 e. The van der Waals surface area contributed by atoms with E-state index in [0.717, 1.165) is 4.90 Å². The first-order valence-electron chi connectivity index (χ1n) is 8.94. The lowest BCUT2D eigenvalue weighted by Gasteiger charge is -2.49. The minimum absolute atomic E-state index is 0.104. The average Bonchev–Trinajstić information content (AvgIpc) is 2.66. The SMILES string of the molecule is CC(=O)OCC1=C(C(=O)O)N2C(=O)[C@@H](NC(=O)CCCC[C@H](N)C(=O)O)[C@H]2SC1. The number of amides is 2. The van der Waals surface area contributed by atoms with Crippen molar-refractivity contribution in [1.82, 2.24) is 10.2 Å². The molecule has 12 heteroatoms. The fourth-order valence-electron chi connectivity index (χ4n) is 3.00. The molecular weight excluding hydrogens is 406 g/mol. The topological polar surface area (TPSA) is 176 Å². The molecule has 1 fully saturated rings. The number of nitrogens with one attached hydrogen (secondary N) is 1. The maximum absolute atomic E-state index is 12.4. The number of nitrogens with two attached hydrogens (primary N) is 1. The number of hydrogen-bond donors (Lipinski definition) is 4. The first-order valence-corrected chi connectivity index (χ1v) is 9.99. The molecule has 3 atom stereocenters. The molecule has 0 aromatic carbocycles. The molecule has 0 spiro atoms. The van der Waals surface area contributed by atoms with Crippen LogP contribution in [0.5, 0.6) is 0 Å². The van der Waals surface area contributed by atoms with Crippen molar-refractivity contribution in [3.8, 4) is 0 Å². The van der Waals surface area contributed by atoms with Crippen molar-refractivity contribution < 1.29 is 38.9 Å². The summed E-state index contributed by atoms with van der Waals surface area (Å²) in [6, 6.07) is -1.81. The van der Waals surface area contributed by atoms with E-state index in [-0.39, 0.29) is 36.8 Å². The second kappa shape index (κ2) is 9.74. The number of thioether (sulfide) groups is 1. The Morgan fingerprint density at radius 1 is 1.31 bits per heavy atom. The number of esters is 1. The Morgan fingerprint density at radius 3 is 2.59 bits per heavy atom. The highest BCUT2D eigenvalue weighted by atomic mass is 32.2. The molecule has 0 aliphatic carbocycles. The number of fused-ring (bicyclic) bond motifs is 1. The van der Waals surface area contributed by atoms with Gasteiger partial charge in [-0.2, -0.15) is 0 Å². The van der Waals surface area contributed by atoms with Gasteiger partial charge in [-0.25, -0.2) is 4.79 Å². The van der Waals surface area contributed by atoms with Gasteiger partial charge in [-0.3, -0.25) is 24.1 Å². The molecule has 29 heavy (non-hydrogen) atoms. The minimum atomic E-state index is -1.30. The van der Waals surface area contributed by atoms with Gasteiger partial charge < -0.3 is 26.0 Å². The second-order valence-electron chi connectivity index (χ2n) is 6.68. The van der Waals surface area contributed by atoms with Gasteiger partial charge in [-0.05, 0) is 12.8 Å². The van der Waals surface area contributed by atoms with Crippen molar-refractivity contribution in [2.45, 2.75) is 50.1 Å². The Kier molecular flexibility index (Phi) is 7.62. The summed E-state index contributed by atoms with van der Waals surface area (Å²) in [4.78, 5) is 58.8. The van der Waals surface area contributed by atoms with Gasteiger partial charge in [-0.15, -0.1) is 11.8 Å². The van der Waals surface area contributed by atoms with Crippen LogP contribution in [0.3, 0.4) is 0 Å². The van der Waals surface area contributed by atoms with Gasteiger partial charge >= 0.3 is 17.9 Å². The normalized spacial score (nSPS) is 21.7. The van der Waals surface area contributed by atoms with E-state index in [1.165, 1.54) is 18.7 Å². The molecule has 2 rings (SSSR count). The number of ether oxygens (including phenoxy) is 1. The molecule has 0 bridgehead atoms. The summed E-state index contributed by atoms with van der Waals surface area (Å²) in [6.07, 6.45) is 1.22. The molecule has 11 nitrogen and oxygen atoms in total. The third-order valence-electron chi connectivity index (χ3n) is 4.50. The molecule has 5 N–H and O–H groups in total. The number of β-lactam (4-membered cyclic amide) rings is 1. The summed E-state index contributed by atoms with van der Waals surface area (Å²) < 4.78 is 4.86. The number of aliphatic carboxylic acids is 2. The summed E-state index contributed by atoms with van der Waals surface area (Å²) >= 11 is 1.28. The second-order valence-corrected chi connectivity index (χ2v) is 7.79. The molecule has 2 aliphatic heterocycles. The molecule has 1 saturated heterocycles. The molecule has 160 valence electrons. The van der Waals surface area contributed by atoms with Crippen molar-refractivity contribution in [3.05, 3.63) is 11.3 Å². The number of carboxylic acids is 2. The number of rotatable bonds is 10. The van der Waals surface area contributed by atoms with Crippen LogP contribution in [-0.4, -0.2) is 74.7 Å². The van der Waals surface area contributed by atoms with Crippen LogP contribution in [0.4, 0.5) is 0 Å². The van der Waals surface area contributed by atoms with Crippen LogP contribution in [0.2, 0.25) is 0 Å². The van der Waals surface area contributed by atoms with Gasteiger partial charge in [0, 0.05) is 24.7 Å². The van der Waals surface area contributed by atoms with Crippen molar-refractivity contribution >= 4 is 41.5 Å². The van der Waals surface area contributed by atoms with Gasteiger partial charge in [-0.1, -0.05) is 6.42 Å². The number of hydrogen-bond acceptors (Lipinski definition) is 8. The smallest absolute Gasteiger partial charge is 0.352 e. The minimum Gasteiger partial charge on any atom is -0.480 e. The fourth-order valence-corrected chi connectivity index (χ4v) is 4.33. The summed E-state index contributed by atoms with van der Waals surface area (Å²) in [5, 5.41) is 20.2. The molecule has 0 saturated carbocycles. The van der Waals surface area contributed by atoms with E-state index < -0.39 is 41.3 Å². The van der Waals surface area contributed by atoms with Crippen molar-refractivity contribution in [2.75, 3.05) is 12.4 Å². The highest BCUT2D eigenvalue weighted by molar-refractivity contribution is 8.00. The zero-order valence-electron chi connectivity index (χ0n) is 15.8. The zero-order chi connectivity index (χ0) is 21.7. The quantitative estimate of drug-likeness (QED) is 0.196. The number of carboxylic acid groups (broad SMARTS) is 2. The van der Waals surface area contributed by atoms with Crippen LogP contribution in [0, 0.1) is 0 Å². The Labute approximate surface area is 170 Å². The third kappa shape index (κ3) is 5.48. The van der Waals surface area contributed by atoms with Crippen molar-refractivity contribution in [3.63, 3.8) is 0 Å². The monoisotopic (exact) mass is 429 g/mol. The highest BCUT2D eigenvalue weighted by Gasteiger charge is 2.54. The summed E-state index contributed by atoms with van der Waals surface area (Å²) in [7, 11) is 0. The van der Waals surface area contributed by atoms with E-state index in [1.54, 1.807) is 0 Å². The molecule has 2 amide bonds. The van der Waals surface area contributed by atoms with Gasteiger partial charge in [0.05, 0.1) is 0 Å². The number of unbranched alkanes of at least 4 members (excludes halogenated alkanes) is 1. The van der Waals surface area contributed by atoms with Gasteiger partial charge in [0.1, 0.15) is 29.8 Å². The van der Waals surface area contributed by atoms with Crippen LogP contribution in [-0.2, 0) is 28.7 Å². The molecule has 2 heterocycles. The van der Waals surface area contributed by atoms with E-state index in [1.807, 2.05) is 0 Å². The maximum Gasteiger partial charge on any atom is 0.352 e. The summed E-state index contributed by atoms with van der Waals surface area (Å²) in [6.45, 7) is 0.992. The van der Waals surface area contributed by atoms with Crippen LogP contribution in [0.1, 0.15) is 32.6 Å². The Bertz CT molecular complexity index is 753. The van der Waals surface area contributed by atoms with Crippen LogP contribution in [0.15, 0.2) is 11.3 Å². The van der Waals surface area contributed by atoms with Gasteiger partial charge in [0.15, 0.2) is 0 Å². The standard InChI is InChI=1S/C17H23N3O8S/c1-8(21)28-6-9-7-29-15-12(14(23)20(15)13(9)17(26)27)19-11(22)5-3-2-4-10(18)16(24)25/h10,12,15H,2-7,18H2,1H3,(H,19,22)(H,24,25)(H,26,27)/t10-,12+,15+/m0/s1. The van der Waals surface area contributed by atoms with Crippen molar-refractivity contribution in [1.29, 1.82) is 0 Å². The molecule has 2 aliphatic rings. The maximum atomic E-state index is 12.4. The lowest BCUT2D eigenvalue weighted by atomic mass is 10.0. The summed E-state index contributed by atoms with van der Waals surface area (Å²) in [5.74, 6) is -3.62. The first kappa shape index (κ1) is 22.7. The molecule has 0 radical (unpaired) electrons. The van der Waals surface area contributed by atoms with Gasteiger partial charge in [0.2, 0.25) is 5.91 Å². The Morgan fingerprint density at radius 2 is 2.00 bits per heavy atom. The third-order valence-corrected chi connectivity index (χ3v) is 5.84. The molecule has 0 aromatic rings. The Hall–Kier alpha value is -2.60. The lowest BCUT2D eigenvalue weighted by molar-refractivity contribution is -0.151. The predicted octanol–water partition coefficient (Wildman–Crippen LogP) is -0.740. The van der Waals surface area contributed by atoms with Gasteiger partial charge in [0.25, 0.3) is 5.91 Å². The first-order chi connectivity index (χ1) is 13.6. The number of carbonyl (C=O) groups is 5. The van der Waals surface area contributed by atoms with Crippen molar-refractivity contribution in [2.24, 2.45) is 5.73 Å². The highest BCUT2D eigenvalue weighted by Crippen LogP contribution is 2.40. The summed E-state index contributed by atoms with van der Waals surface area (Å²) in [5.41, 5.74) is 5.50. The predicted molar refractivity (Wildman–Crippen MR) is 100 cm³/mol. The molecule has 0 unspecified atom stereocenters. The average molecular weight is 429 g/mol. The van der Waals surface area contributed by atoms with E-state index in [4.69, 9.17) is 15.6 Å². The fraction of sp³-hybridized carbons (Fsp3) is 0.588. The van der Waals surface area contributed by atoms with Crippen LogP contribution < -0.4 is 11.1 Å². The van der Waals surface area contributed by atoms with E-state index in [0.29, 0.717) is 18.4 Å². The van der Waals surface area contributed by atoms with Crippen LogP contribution in [0.25, 0.3) is 0 Å². The van der Waals surface area contributed by atoms with E-state index in [2.05, 4.69) is 5.32 Å². The number of nitrogens with zero attached hydrogens (tertiary/aromatic N) is 1. The molecule has 0 aromatic heterocycles. The number of carbonyl (C=O) groups excluding carboxylic acids is 3. The lowest BCUT2D eigenvalue weighted by Crippen LogP contribution is -2.70. The van der Waals surface area contributed by atoms with E-state index >= 15 is 0 Å². The Balaban J connectivity index is 1.90. The molecular formula is C17H23N3O8S. The van der Waals surface area contributed by atoms with Crippen LogP contribution >= 0.6 is 11.8 Å². The zero-order valence-corrected chi connectivity index (χ0v) is 16.6. The van der Waals surface area contributed by atoms with E-state index in [9.17, 15) is 29.1 Å².